The number of hydrogen-bond donors (Lipinski definition) is 2. The van der Waals surface area contributed by atoms with Gasteiger partial charge >= 0.3 is 0 Å². The van der Waals surface area contributed by atoms with E-state index >= 15 is 0 Å². The third-order valence-corrected chi connectivity index (χ3v) is 2.29. The van der Waals surface area contributed by atoms with Gasteiger partial charge < -0.3 is 5.43 Å². The maximum absolute atomic E-state index is 5.37. The van der Waals surface area contributed by atoms with Gasteiger partial charge in [0, 0.05) is 13.0 Å². The molecule has 0 fully saturated rings. The van der Waals surface area contributed by atoms with E-state index < -0.39 is 0 Å². The van der Waals surface area contributed by atoms with Crippen LogP contribution in [0.3, 0.4) is 0 Å². The molecule has 0 aliphatic carbocycles. The number of amidine groups is 1. The van der Waals surface area contributed by atoms with Gasteiger partial charge in [0.05, 0.1) is 0 Å². The van der Waals surface area contributed by atoms with E-state index in [4.69, 9.17) is 5.84 Å². The number of nitrogens with two attached hydrogens (primary N) is 1. The number of nitrogens with one attached hydrogen (secondary N) is 1. The molecule has 15 heavy (non-hydrogen) atoms. The Kier molecular flexibility index (Phi) is 4.84. The van der Waals surface area contributed by atoms with Crippen molar-refractivity contribution in [2.75, 3.05) is 6.54 Å². The summed E-state index contributed by atoms with van der Waals surface area (Å²) in [7, 11) is 0. The van der Waals surface area contributed by atoms with Crippen LogP contribution in [0.25, 0.3) is 0 Å². The van der Waals surface area contributed by atoms with Crippen molar-refractivity contribution >= 4 is 5.84 Å². The summed E-state index contributed by atoms with van der Waals surface area (Å²) in [5, 5.41) is 0. The highest BCUT2D eigenvalue weighted by Crippen LogP contribution is 2.05. The van der Waals surface area contributed by atoms with E-state index in [1.54, 1.807) is 0 Å². The zero-order chi connectivity index (χ0) is 11.1. The van der Waals surface area contributed by atoms with Gasteiger partial charge in [-0.3, -0.25) is 4.99 Å². The lowest BCUT2D eigenvalue weighted by Crippen LogP contribution is -2.30. The zero-order valence-corrected chi connectivity index (χ0v) is 9.46. The minimum atomic E-state index is 0.771. The highest BCUT2D eigenvalue weighted by molar-refractivity contribution is 5.81. The van der Waals surface area contributed by atoms with Crippen LogP contribution in [0.1, 0.15) is 24.5 Å². The standard InChI is InChI=1S/C12H19N3/c1-3-14-12(15-13)9-8-11-6-4-10(2)5-7-11/h4-7H,3,8-9,13H2,1-2H3,(H,14,15). The average molecular weight is 205 g/mol. The van der Waals surface area contributed by atoms with Crippen LogP contribution in [0.2, 0.25) is 0 Å². The first kappa shape index (κ1) is 11.7. The van der Waals surface area contributed by atoms with E-state index in [1.165, 1.54) is 11.1 Å². The van der Waals surface area contributed by atoms with Gasteiger partial charge in [-0.2, -0.15) is 0 Å². The maximum Gasteiger partial charge on any atom is 0.111 e. The summed E-state index contributed by atoms with van der Waals surface area (Å²) in [5.74, 6) is 6.24. The molecule has 0 atom stereocenters. The van der Waals surface area contributed by atoms with E-state index in [9.17, 15) is 0 Å². The molecule has 0 saturated heterocycles. The summed E-state index contributed by atoms with van der Waals surface area (Å²) in [5.41, 5.74) is 5.24. The van der Waals surface area contributed by atoms with E-state index in [0.717, 1.165) is 25.2 Å². The van der Waals surface area contributed by atoms with Gasteiger partial charge in [-0.05, 0) is 25.8 Å². The Balaban J connectivity index is 2.49. The molecule has 0 heterocycles. The van der Waals surface area contributed by atoms with E-state index in [0.29, 0.717) is 0 Å². The van der Waals surface area contributed by atoms with Crippen LogP contribution in [0.15, 0.2) is 29.3 Å². The molecule has 0 unspecified atom stereocenters. The molecule has 0 aliphatic heterocycles. The van der Waals surface area contributed by atoms with Crippen LogP contribution in [-0.4, -0.2) is 12.4 Å². The maximum atomic E-state index is 5.37. The Morgan fingerprint density at radius 1 is 1.33 bits per heavy atom. The lowest BCUT2D eigenvalue weighted by molar-refractivity contribution is 0.906. The second-order valence-corrected chi connectivity index (χ2v) is 3.55. The molecule has 1 aromatic rings. The van der Waals surface area contributed by atoms with Crippen LogP contribution in [0.4, 0.5) is 0 Å². The van der Waals surface area contributed by atoms with Crippen LogP contribution >= 0.6 is 0 Å². The van der Waals surface area contributed by atoms with E-state index in [2.05, 4.69) is 41.6 Å². The van der Waals surface area contributed by atoms with Crippen molar-refractivity contribution < 1.29 is 0 Å². The predicted molar refractivity (Wildman–Crippen MR) is 64.8 cm³/mol. The van der Waals surface area contributed by atoms with E-state index in [-0.39, 0.29) is 0 Å². The normalized spacial score (nSPS) is 11.5. The number of nitrogens with zero attached hydrogens (tertiary/aromatic N) is 1. The van der Waals surface area contributed by atoms with Crippen molar-refractivity contribution in [1.82, 2.24) is 5.43 Å². The topological polar surface area (TPSA) is 50.4 Å². The van der Waals surface area contributed by atoms with Gasteiger partial charge in [0.25, 0.3) is 0 Å². The Labute approximate surface area is 91.4 Å². The molecule has 3 nitrogen and oxygen atoms in total. The Bertz CT molecular complexity index is 314. The smallest absolute Gasteiger partial charge is 0.111 e. The van der Waals surface area contributed by atoms with Crippen LogP contribution in [0.5, 0.6) is 0 Å². The molecule has 1 aromatic carbocycles. The van der Waals surface area contributed by atoms with Crippen molar-refractivity contribution in [2.24, 2.45) is 10.8 Å². The second-order valence-electron chi connectivity index (χ2n) is 3.55. The first-order chi connectivity index (χ1) is 7.26. The van der Waals surface area contributed by atoms with Crippen LogP contribution < -0.4 is 11.3 Å². The number of hydrogen-bond acceptors (Lipinski definition) is 2. The number of aliphatic imine (C=N–C) groups is 1. The molecule has 0 radical (unpaired) electrons. The average Bonchev–Trinajstić information content (AvgIpc) is 2.26. The quantitative estimate of drug-likeness (QED) is 0.341. The van der Waals surface area contributed by atoms with Crippen molar-refractivity contribution in [3.63, 3.8) is 0 Å². The molecule has 3 heteroatoms. The molecule has 0 bridgehead atoms. The summed E-state index contributed by atoms with van der Waals surface area (Å²) in [6.07, 6.45) is 1.84. The summed E-state index contributed by atoms with van der Waals surface area (Å²) in [4.78, 5) is 4.26. The van der Waals surface area contributed by atoms with Gasteiger partial charge in [-0.25, -0.2) is 5.84 Å². The highest BCUT2D eigenvalue weighted by Gasteiger charge is 1.97. The van der Waals surface area contributed by atoms with Gasteiger partial charge in [0.15, 0.2) is 0 Å². The minimum absolute atomic E-state index is 0.771. The fourth-order valence-corrected chi connectivity index (χ4v) is 1.41. The number of rotatable bonds is 4. The molecular formula is C12H19N3. The largest absolute Gasteiger partial charge is 0.312 e. The fourth-order valence-electron chi connectivity index (χ4n) is 1.41. The molecule has 0 amide bonds. The molecule has 1 rings (SSSR count). The molecule has 82 valence electrons. The van der Waals surface area contributed by atoms with Gasteiger partial charge in [0.1, 0.15) is 5.84 Å². The fraction of sp³-hybridized carbons (Fsp3) is 0.417. The third kappa shape index (κ3) is 4.13. The molecule has 3 N–H and O–H groups in total. The monoisotopic (exact) mass is 205 g/mol. The highest BCUT2D eigenvalue weighted by atomic mass is 15.2. The van der Waals surface area contributed by atoms with Gasteiger partial charge in [-0.15, -0.1) is 0 Å². The van der Waals surface area contributed by atoms with Crippen molar-refractivity contribution in [1.29, 1.82) is 0 Å². The first-order valence-electron chi connectivity index (χ1n) is 5.31. The lowest BCUT2D eigenvalue weighted by Gasteiger charge is -2.05. The number of hydrazine groups is 1. The molecule has 0 saturated carbocycles. The molecule has 0 spiro atoms. The van der Waals surface area contributed by atoms with Gasteiger partial charge in [0.2, 0.25) is 0 Å². The summed E-state index contributed by atoms with van der Waals surface area (Å²) >= 11 is 0. The van der Waals surface area contributed by atoms with Crippen LogP contribution in [0, 0.1) is 6.92 Å². The van der Waals surface area contributed by atoms with Crippen LogP contribution in [-0.2, 0) is 6.42 Å². The third-order valence-electron chi connectivity index (χ3n) is 2.29. The van der Waals surface area contributed by atoms with E-state index in [1.807, 2.05) is 6.92 Å². The summed E-state index contributed by atoms with van der Waals surface area (Å²) in [6, 6.07) is 8.55. The number of aryl methyl sites for hydroxylation is 2. The van der Waals surface area contributed by atoms with Crippen molar-refractivity contribution in [3.05, 3.63) is 35.4 Å². The SMILES string of the molecule is CCN=C(CCc1ccc(C)cc1)NN. The minimum Gasteiger partial charge on any atom is -0.312 e. The van der Waals surface area contributed by atoms with Gasteiger partial charge in [-0.1, -0.05) is 29.8 Å². The van der Waals surface area contributed by atoms with Crippen molar-refractivity contribution in [3.8, 4) is 0 Å². The Hall–Kier alpha value is -1.35. The lowest BCUT2D eigenvalue weighted by atomic mass is 10.1. The number of benzene rings is 1. The first-order valence-corrected chi connectivity index (χ1v) is 5.31. The zero-order valence-electron chi connectivity index (χ0n) is 9.46. The second kappa shape index (κ2) is 6.19. The molecule has 0 aromatic heterocycles. The summed E-state index contributed by atoms with van der Waals surface area (Å²) in [6.45, 7) is 4.87. The predicted octanol–water partition coefficient (Wildman–Crippen LogP) is 1.81. The summed E-state index contributed by atoms with van der Waals surface area (Å²) < 4.78 is 0. The Morgan fingerprint density at radius 2 is 2.00 bits per heavy atom. The van der Waals surface area contributed by atoms with Crippen molar-refractivity contribution in [2.45, 2.75) is 26.7 Å². The Morgan fingerprint density at radius 3 is 2.53 bits per heavy atom. The molecular weight excluding hydrogens is 186 g/mol. The molecule has 0 aliphatic rings.